The molecule has 3 rings (SSSR count). The van der Waals surface area contributed by atoms with E-state index in [2.05, 4.69) is 21.0 Å². The molecule has 1 amide bonds. The molecule has 1 saturated heterocycles. The molecule has 7 nitrogen and oxygen atoms in total. The maximum absolute atomic E-state index is 11.9. The highest BCUT2D eigenvalue weighted by atomic mass is 32.1. The van der Waals surface area contributed by atoms with Crippen LogP contribution >= 0.6 is 11.3 Å². The number of nitrogens with zero attached hydrogens (tertiary/aromatic N) is 2. The first-order valence-electron chi connectivity index (χ1n) is 8.23. The molecule has 1 aliphatic heterocycles. The summed E-state index contributed by atoms with van der Waals surface area (Å²) in [6.07, 6.45) is 3.75. The third-order valence-corrected chi connectivity index (χ3v) is 4.77. The Morgan fingerprint density at radius 1 is 1.50 bits per heavy atom. The molecule has 0 radical (unpaired) electrons. The van der Waals surface area contributed by atoms with Crippen molar-refractivity contribution in [2.45, 2.75) is 51.2 Å². The molecule has 2 aromatic rings. The highest BCUT2D eigenvalue weighted by molar-refractivity contribution is 7.13. The number of hydrazine groups is 1. The largest absolute Gasteiger partial charge is 0.378 e. The lowest BCUT2D eigenvalue weighted by atomic mass is 10.1. The molecule has 2 N–H and O–H groups in total. The van der Waals surface area contributed by atoms with Crippen LogP contribution in [-0.2, 0) is 16.0 Å². The summed E-state index contributed by atoms with van der Waals surface area (Å²) in [4.78, 5) is 17.2. The van der Waals surface area contributed by atoms with Crippen molar-refractivity contribution in [3.63, 3.8) is 0 Å². The van der Waals surface area contributed by atoms with Gasteiger partial charge in [-0.3, -0.25) is 10.2 Å². The number of ether oxygens (including phenoxy) is 1. The summed E-state index contributed by atoms with van der Waals surface area (Å²) in [5.74, 6) is 1.16. The first kappa shape index (κ1) is 17.1. The van der Waals surface area contributed by atoms with Gasteiger partial charge in [0.25, 0.3) is 0 Å². The molecule has 3 heterocycles. The minimum absolute atomic E-state index is 0.0212. The molecule has 24 heavy (non-hydrogen) atoms. The Bertz CT molecular complexity index is 644. The highest BCUT2D eigenvalue weighted by Crippen LogP contribution is 2.21. The predicted octanol–water partition coefficient (Wildman–Crippen LogP) is 2.31. The van der Waals surface area contributed by atoms with E-state index in [9.17, 15) is 4.79 Å². The van der Waals surface area contributed by atoms with E-state index in [1.807, 2.05) is 24.4 Å². The quantitative estimate of drug-likeness (QED) is 0.745. The molecule has 0 saturated carbocycles. The minimum atomic E-state index is -0.0212. The number of nitrogens with one attached hydrogen (secondary N) is 2. The van der Waals surface area contributed by atoms with Crippen LogP contribution in [0.5, 0.6) is 0 Å². The lowest BCUT2D eigenvalue weighted by Gasteiger charge is -2.28. The Balaban J connectivity index is 1.35. The normalized spacial score (nSPS) is 20.9. The Morgan fingerprint density at radius 2 is 2.42 bits per heavy atom. The van der Waals surface area contributed by atoms with E-state index in [4.69, 9.17) is 9.26 Å². The van der Waals surface area contributed by atoms with Crippen molar-refractivity contribution in [3.05, 3.63) is 23.4 Å². The second-order valence-electron chi connectivity index (χ2n) is 5.94. The van der Waals surface area contributed by atoms with Crippen molar-refractivity contribution < 1.29 is 14.1 Å². The van der Waals surface area contributed by atoms with Gasteiger partial charge in [-0.2, -0.15) is 4.98 Å². The van der Waals surface area contributed by atoms with Gasteiger partial charge in [-0.1, -0.05) is 11.2 Å². The van der Waals surface area contributed by atoms with Crippen molar-refractivity contribution in [1.29, 1.82) is 0 Å². The molecule has 130 valence electrons. The Labute approximate surface area is 144 Å². The van der Waals surface area contributed by atoms with Gasteiger partial charge in [-0.15, -0.1) is 11.3 Å². The van der Waals surface area contributed by atoms with Crippen LogP contribution < -0.4 is 10.9 Å². The van der Waals surface area contributed by atoms with Crippen LogP contribution in [0, 0.1) is 0 Å². The average Bonchev–Trinajstić information content (AvgIpc) is 3.24. The van der Waals surface area contributed by atoms with Crippen LogP contribution in [0.3, 0.4) is 0 Å². The summed E-state index contributed by atoms with van der Waals surface area (Å²) in [5, 5.41) is 5.93. The van der Waals surface area contributed by atoms with Crippen LogP contribution in [0.2, 0.25) is 0 Å². The Morgan fingerprint density at radius 3 is 3.21 bits per heavy atom. The van der Waals surface area contributed by atoms with Gasteiger partial charge in [0.1, 0.15) is 0 Å². The number of hydrogen-bond acceptors (Lipinski definition) is 7. The second-order valence-corrected chi connectivity index (χ2v) is 6.89. The first-order valence-corrected chi connectivity index (χ1v) is 9.11. The zero-order valence-corrected chi connectivity index (χ0v) is 14.5. The number of carbonyl (C=O) groups is 1. The van der Waals surface area contributed by atoms with Crippen LogP contribution in [-0.4, -0.2) is 34.8 Å². The summed E-state index contributed by atoms with van der Waals surface area (Å²) in [7, 11) is 0. The number of aryl methyl sites for hydroxylation is 1. The minimum Gasteiger partial charge on any atom is -0.378 e. The van der Waals surface area contributed by atoms with Gasteiger partial charge in [-0.05, 0) is 37.6 Å². The smallest absolute Gasteiger partial charge is 0.234 e. The van der Waals surface area contributed by atoms with E-state index in [1.54, 1.807) is 11.3 Å². The standard InChI is InChI=1S/C16H22N4O3S/c1-11-10-12(7-8-22-11)18-19-14(21)5-2-6-15-17-16(20-23-15)13-4-3-9-24-13/h3-4,9,11-12,18H,2,5-8,10H2,1H3,(H,19,21)/t11-,12+/m0/s1. The zero-order chi connectivity index (χ0) is 16.8. The molecular weight excluding hydrogens is 328 g/mol. The third kappa shape index (κ3) is 4.86. The van der Waals surface area contributed by atoms with Gasteiger partial charge in [0, 0.05) is 25.5 Å². The van der Waals surface area contributed by atoms with Crippen molar-refractivity contribution in [1.82, 2.24) is 21.0 Å². The molecule has 2 aromatic heterocycles. The van der Waals surface area contributed by atoms with Gasteiger partial charge >= 0.3 is 0 Å². The number of amides is 1. The van der Waals surface area contributed by atoms with Gasteiger partial charge < -0.3 is 9.26 Å². The van der Waals surface area contributed by atoms with E-state index in [1.165, 1.54) is 0 Å². The van der Waals surface area contributed by atoms with Crippen LogP contribution in [0.1, 0.15) is 38.5 Å². The Hall–Kier alpha value is -1.77. The summed E-state index contributed by atoms with van der Waals surface area (Å²) >= 11 is 1.57. The lowest BCUT2D eigenvalue weighted by molar-refractivity contribution is -0.122. The molecule has 8 heteroatoms. The van der Waals surface area contributed by atoms with E-state index in [0.717, 1.165) is 24.3 Å². The Kier molecular flexibility index (Phi) is 5.95. The molecule has 0 unspecified atom stereocenters. The first-order chi connectivity index (χ1) is 11.7. The topological polar surface area (TPSA) is 89.3 Å². The maximum atomic E-state index is 11.9. The van der Waals surface area contributed by atoms with Crippen molar-refractivity contribution in [2.75, 3.05) is 6.61 Å². The third-order valence-electron chi connectivity index (χ3n) is 3.90. The predicted molar refractivity (Wildman–Crippen MR) is 90.3 cm³/mol. The van der Waals surface area contributed by atoms with E-state index < -0.39 is 0 Å². The van der Waals surface area contributed by atoms with Crippen LogP contribution in [0.15, 0.2) is 22.0 Å². The van der Waals surface area contributed by atoms with Crippen LogP contribution in [0.25, 0.3) is 10.7 Å². The molecule has 1 aliphatic rings. The summed E-state index contributed by atoms with van der Waals surface area (Å²) in [6.45, 7) is 2.78. The fourth-order valence-corrected chi connectivity index (χ4v) is 3.29. The van der Waals surface area contributed by atoms with Gasteiger partial charge in [0.05, 0.1) is 11.0 Å². The molecule has 0 aromatic carbocycles. The number of carbonyl (C=O) groups excluding carboxylic acids is 1. The van der Waals surface area contributed by atoms with E-state index >= 15 is 0 Å². The second kappa shape index (κ2) is 8.36. The summed E-state index contributed by atoms with van der Waals surface area (Å²) in [5.41, 5.74) is 5.87. The summed E-state index contributed by atoms with van der Waals surface area (Å²) < 4.78 is 10.7. The maximum Gasteiger partial charge on any atom is 0.234 e. The fourth-order valence-electron chi connectivity index (χ4n) is 2.64. The van der Waals surface area contributed by atoms with Gasteiger partial charge in [0.2, 0.25) is 17.6 Å². The molecule has 0 aliphatic carbocycles. The monoisotopic (exact) mass is 350 g/mol. The van der Waals surface area contributed by atoms with Crippen molar-refractivity contribution in [3.8, 4) is 10.7 Å². The number of aromatic nitrogens is 2. The number of rotatable bonds is 7. The lowest BCUT2D eigenvalue weighted by Crippen LogP contribution is -2.47. The number of hydrogen-bond donors (Lipinski definition) is 2. The molecule has 0 spiro atoms. The highest BCUT2D eigenvalue weighted by Gasteiger charge is 2.19. The molecule has 2 atom stereocenters. The molecule has 1 fully saturated rings. The average molecular weight is 350 g/mol. The van der Waals surface area contributed by atoms with E-state index in [-0.39, 0.29) is 18.1 Å². The van der Waals surface area contributed by atoms with Gasteiger partial charge in [0.15, 0.2) is 0 Å². The molecule has 0 bridgehead atoms. The summed E-state index contributed by atoms with van der Waals surface area (Å²) in [6, 6.07) is 4.18. The van der Waals surface area contributed by atoms with Crippen molar-refractivity contribution >= 4 is 17.2 Å². The number of thiophene rings is 1. The SMILES string of the molecule is C[C@H]1C[C@H](NNC(=O)CCCc2nc(-c3cccs3)no2)CCO1. The fraction of sp³-hybridized carbons (Fsp3) is 0.562. The molecular formula is C16H22N4O3S. The zero-order valence-electron chi connectivity index (χ0n) is 13.7. The van der Waals surface area contributed by atoms with Gasteiger partial charge in [-0.25, -0.2) is 5.43 Å². The van der Waals surface area contributed by atoms with Crippen molar-refractivity contribution in [2.24, 2.45) is 0 Å². The van der Waals surface area contributed by atoms with Crippen LogP contribution in [0.4, 0.5) is 0 Å². The van der Waals surface area contributed by atoms with E-state index in [0.29, 0.717) is 31.0 Å².